The topological polar surface area (TPSA) is 27.1 Å². The van der Waals surface area contributed by atoms with E-state index >= 15 is 0 Å². The Morgan fingerprint density at radius 1 is 1.40 bits per heavy atom. The largest absolute Gasteiger partial charge is 0.370 e. The van der Waals surface area contributed by atoms with Crippen LogP contribution in [0.25, 0.3) is 0 Å². The highest BCUT2D eigenvalue weighted by Gasteiger charge is 2.16. The lowest BCUT2D eigenvalue weighted by Crippen LogP contribution is -2.20. The highest BCUT2D eigenvalue weighted by Crippen LogP contribution is 2.23. The molecule has 0 fully saturated rings. The van der Waals surface area contributed by atoms with Crippen LogP contribution in [-0.4, -0.2) is 15.4 Å². The van der Waals surface area contributed by atoms with E-state index in [-0.39, 0.29) is 5.60 Å². The third-order valence-corrected chi connectivity index (χ3v) is 3.13. The molecule has 0 aliphatic carbocycles. The van der Waals surface area contributed by atoms with E-state index in [0.29, 0.717) is 6.61 Å². The van der Waals surface area contributed by atoms with Gasteiger partial charge >= 0.3 is 0 Å². The van der Waals surface area contributed by atoms with E-state index in [4.69, 9.17) is 4.74 Å². The Labute approximate surface area is 99.9 Å². The number of ether oxygens (including phenoxy) is 1. The van der Waals surface area contributed by atoms with Crippen molar-refractivity contribution in [2.45, 2.75) is 53.4 Å². The van der Waals surface area contributed by atoms with Gasteiger partial charge in [-0.05, 0) is 50.5 Å². The smallest absolute Gasteiger partial charge is 0.0903 e. The van der Waals surface area contributed by atoms with Crippen molar-refractivity contribution < 1.29 is 4.74 Å². The Bertz CT molecular complexity index is 339. The van der Waals surface area contributed by atoms with E-state index in [2.05, 4.69) is 48.7 Å². The van der Waals surface area contributed by atoms with Gasteiger partial charge in [0.05, 0.1) is 28.1 Å². The molecule has 3 nitrogen and oxygen atoms in total. The molecule has 0 atom stereocenters. The average Bonchev–Trinajstić information content (AvgIpc) is 2.39. The number of aryl methyl sites for hydroxylation is 2. The maximum absolute atomic E-state index is 5.76. The molecule has 0 amide bonds. The van der Waals surface area contributed by atoms with Gasteiger partial charge < -0.3 is 4.74 Å². The molecule has 1 aromatic heterocycles. The number of rotatable bonds is 3. The Hall–Kier alpha value is -0.350. The van der Waals surface area contributed by atoms with Crippen molar-refractivity contribution in [3.8, 4) is 0 Å². The molecule has 15 heavy (non-hydrogen) atoms. The summed E-state index contributed by atoms with van der Waals surface area (Å²) < 4.78 is 8.80. The van der Waals surface area contributed by atoms with Crippen LogP contribution in [0, 0.1) is 6.92 Å². The van der Waals surface area contributed by atoms with Crippen molar-refractivity contribution in [1.82, 2.24) is 9.78 Å². The zero-order valence-electron chi connectivity index (χ0n) is 10.1. The minimum absolute atomic E-state index is 0.115. The maximum atomic E-state index is 5.76. The third kappa shape index (κ3) is 3.31. The first kappa shape index (κ1) is 12.7. The zero-order chi connectivity index (χ0) is 11.6. The minimum atomic E-state index is -0.115. The molecule has 0 radical (unpaired) electrons. The summed E-state index contributed by atoms with van der Waals surface area (Å²) in [6, 6.07) is 0. The van der Waals surface area contributed by atoms with Crippen LogP contribution in [0.5, 0.6) is 0 Å². The average molecular weight is 275 g/mol. The number of hydrogen-bond donors (Lipinski definition) is 0. The number of nitrogens with zero attached hydrogens (tertiary/aromatic N) is 2. The van der Waals surface area contributed by atoms with Crippen molar-refractivity contribution in [3.05, 3.63) is 15.9 Å². The summed E-state index contributed by atoms with van der Waals surface area (Å²) in [4.78, 5) is 0. The SMILES string of the molecule is CCn1nc(C)c(Br)c1COC(C)(C)C. The van der Waals surface area contributed by atoms with Crippen LogP contribution >= 0.6 is 15.9 Å². The summed E-state index contributed by atoms with van der Waals surface area (Å²) in [5.74, 6) is 0. The third-order valence-electron chi connectivity index (χ3n) is 2.09. The monoisotopic (exact) mass is 274 g/mol. The van der Waals surface area contributed by atoms with Crippen molar-refractivity contribution in [2.75, 3.05) is 0 Å². The second kappa shape index (κ2) is 4.66. The van der Waals surface area contributed by atoms with E-state index in [1.165, 1.54) is 0 Å². The molecule has 86 valence electrons. The molecular weight excluding hydrogens is 256 g/mol. The minimum Gasteiger partial charge on any atom is -0.370 e. The van der Waals surface area contributed by atoms with Gasteiger partial charge in [0.2, 0.25) is 0 Å². The lowest BCUT2D eigenvalue weighted by atomic mass is 10.2. The molecule has 0 unspecified atom stereocenters. The Kier molecular flexibility index (Phi) is 3.95. The lowest BCUT2D eigenvalue weighted by Gasteiger charge is -2.19. The van der Waals surface area contributed by atoms with Crippen LogP contribution in [0.3, 0.4) is 0 Å². The molecule has 1 rings (SSSR count). The van der Waals surface area contributed by atoms with Gasteiger partial charge in [-0.25, -0.2) is 0 Å². The van der Waals surface area contributed by atoms with Crippen molar-refractivity contribution >= 4 is 15.9 Å². The predicted octanol–water partition coefficient (Wildman–Crippen LogP) is 3.29. The zero-order valence-corrected chi connectivity index (χ0v) is 11.7. The molecule has 4 heteroatoms. The molecule has 0 aliphatic rings. The Morgan fingerprint density at radius 2 is 2.00 bits per heavy atom. The summed E-state index contributed by atoms with van der Waals surface area (Å²) in [5, 5.41) is 4.42. The van der Waals surface area contributed by atoms with E-state index in [0.717, 1.165) is 22.4 Å². The lowest BCUT2D eigenvalue weighted by molar-refractivity contribution is -0.0182. The van der Waals surface area contributed by atoms with Gasteiger partial charge in [-0.3, -0.25) is 4.68 Å². The van der Waals surface area contributed by atoms with Gasteiger partial charge in [0.15, 0.2) is 0 Å². The second-order valence-corrected chi connectivity index (χ2v) is 5.36. The molecular formula is C11H19BrN2O. The fraction of sp³-hybridized carbons (Fsp3) is 0.727. The van der Waals surface area contributed by atoms with Crippen LogP contribution in [0.2, 0.25) is 0 Å². The van der Waals surface area contributed by atoms with E-state index in [1.54, 1.807) is 0 Å². The normalized spacial score (nSPS) is 12.1. The maximum Gasteiger partial charge on any atom is 0.0903 e. The molecule has 1 aromatic rings. The summed E-state index contributed by atoms with van der Waals surface area (Å²) in [5.41, 5.74) is 2.02. The van der Waals surface area contributed by atoms with Crippen LogP contribution in [0.4, 0.5) is 0 Å². The van der Waals surface area contributed by atoms with Crippen molar-refractivity contribution in [2.24, 2.45) is 0 Å². The van der Waals surface area contributed by atoms with Gasteiger partial charge in [-0.1, -0.05) is 0 Å². The second-order valence-electron chi connectivity index (χ2n) is 4.56. The first-order valence-electron chi connectivity index (χ1n) is 5.21. The molecule has 0 saturated heterocycles. The summed E-state index contributed by atoms with van der Waals surface area (Å²) in [6.07, 6.45) is 0. The molecule has 0 spiro atoms. The van der Waals surface area contributed by atoms with E-state index in [1.807, 2.05) is 11.6 Å². The van der Waals surface area contributed by atoms with Gasteiger partial charge in [0.1, 0.15) is 0 Å². The quantitative estimate of drug-likeness (QED) is 0.846. The van der Waals surface area contributed by atoms with Gasteiger partial charge in [-0.15, -0.1) is 0 Å². The highest BCUT2D eigenvalue weighted by atomic mass is 79.9. The standard InChI is InChI=1S/C11H19BrN2O/c1-6-14-9(7-15-11(3,4)5)10(12)8(2)13-14/h6-7H2,1-5H3. The van der Waals surface area contributed by atoms with Crippen LogP contribution in [-0.2, 0) is 17.9 Å². The molecule has 0 bridgehead atoms. The Balaban J connectivity index is 2.84. The highest BCUT2D eigenvalue weighted by molar-refractivity contribution is 9.10. The first-order valence-corrected chi connectivity index (χ1v) is 6.00. The molecule has 0 saturated carbocycles. The van der Waals surface area contributed by atoms with Gasteiger partial charge in [0, 0.05) is 6.54 Å². The van der Waals surface area contributed by atoms with Crippen molar-refractivity contribution in [1.29, 1.82) is 0 Å². The predicted molar refractivity (Wildman–Crippen MR) is 64.9 cm³/mol. The van der Waals surface area contributed by atoms with Crippen LogP contribution < -0.4 is 0 Å². The first-order chi connectivity index (χ1) is 6.85. The van der Waals surface area contributed by atoms with E-state index < -0.39 is 0 Å². The molecule has 0 aliphatic heterocycles. The van der Waals surface area contributed by atoms with Crippen LogP contribution in [0.15, 0.2) is 4.47 Å². The summed E-state index contributed by atoms with van der Waals surface area (Å²) >= 11 is 3.55. The van der Waals surface area contributed by atoms with Gasteiger partial charge in [0.25, 0.3) is 0 Å². The molecule has 0 aromatic carbocycles. The summed E-state index contributed by atoms with van der Waals surface area (Å²) in [6.45, 7) is 11.7. The molecule has 0 N–H and O–H groups in total. The van der Waals surface area contributed by atoms with Crippen molar-refractivity contribution in [3.63, 3.8) is 0 Å². The fourth-order valence-electron chi connectivity index (χ4n) is 1.29. The summed E-state index contributed by atoms with van der Waals surface area (Å²) in [7, 11) is 0. The number of hydrogen-bond acceptors (Lipinski definition) is 2. The fourth-order valence-corrected chi connectivity index (χ4v) is 1.69. The Morgan fingerprint density at radius 3 is 2.47 bits per heavy atom. The molecule has 1 heterocycles. The van der Waals surface area contributed by atoms with Gasteiger partial charge in [-0.2, -0.15) is 5.10 Å². The van der Waals surface area contributed by atoms with E-state index in [9.17, 15) is 0 Å². The number of aromatic nitrogens is 2. The number of halogens is 1. The van der Waals surface area contributed by atoms with Crippen LogP contribution in [0.1, 0.15) is 39.1 Å².